The van der Waals surface area contributed by atoms with Crippen molar-refractivity contribution in [3.8, 4) is 0 Å². The van der Waals surface area contributed by atoms with Crippen LogP contribution in [0.4, 0.5) is 0 Å². The van der Waals surface area contributed by atoms with Gasteiger partial charge in [-0.05, 0) is 6.42 Å². The summed E-state index contributed by atoms with van der Waals surface area (Å²) in [6.45, 7) is 15.7. The summed E-state index contributed by atoms with van der Waals surface area (Å²) in [5.74, 6) is 0. The van der Waals surface area contributed by atoms with Crippen LogP contribution in [0.25, 0.3) is 0 Å². The predicted molar refractivity (Wildman–Crippen MR) is 85.3 cm³/mol. The van der Waals surface area contributed by atoms with Gasteiger partial charge in [0.05, 0.1) is 46.2 Å². The number of ether oxygens (including phenoxy) is 4. The molecule has 0 aliphatic rings. The summed E-state index contributed by atoms with van der Waals surface area (Å²) in [6.07, 6.45) is 1.05. The predicted octanol–water partition coefficient (Wildman–Crippen LogP) is 2.47. The third-order valence-electron chi connectivity index (χ3n) is 1.73. The Hall–Kier alpha value is -0.200. The van der Waals surface area contributed by atoms with Gasteiger partial charge in [-0.25, -0.2) is 0 Å². The zero-order valence-electron chi connectivity index (χ0n) is 14.3. The van der Waals surface area contributed by atoms with Crippen LogP contribution in [-0.2, 0) is 18.9 Å². The van der Waals surface area contributed by atoms with Gasteiger partial charge in [-0.1, -0.05) is 34.6 Å². The first-order valence-electron chi connectivity index (χ1n) is 7.92. The van der Waals surface area contributed by atoms with Crippen molar-refractivity contribution < 1.29 is 18.9 Å². The highest BCUT2D eigenvalue weighted by molar-refractivity contribution is 4.35. The van der Waals surface area contributed by atoms with E-state index in [1.54, 1.807) is 0 Å². The lowest BCUT2D eigenvalue weighted by atomic mass is 10.5. The van der Waals surface area contributed by atoms with Crippen molar-refractivity contribution >= 4 is 0 Å². The molecule has 0 unspecified atom stereocenters. The normalized spacial score (nSPS) is 9.30. The maximum Gasteiger partial charge on any atom is 0.0701 e. The molecule has 2 N–H and O–H groups in total. The van der Waals surface area contributed by atoms with E-state index in [-0.39, 0.29) is 0 Å². The lowest BCUT2D eigenvalue weighted by Crippen LogP contribution is -2.14. The average molecular weight is 295 g/mol. The first-order chi connectivity index (χ1) is 9.91. The molecule has 0 bridgehead atoms. The molecule has 0 rings (SSSR count). The molecule has 0 amide bonds. The molecular formula is C15H37NO4. The van der Waals surface area contributed by atoms with Crippen LogP contribution in [0, 0.1) is 0 Å². The maximum atomic E-state index is 5.30. The van der Waals surface area contributed by atoms with Crippen molar-refractivity contribution in [2.75, 3.05) is 59.4 Å². The molecule has 0 aromatic heterocycles. The minimum atomic E-state index is 0.556. The molecule has 126 valence electrons. The van der Waals surface area contributed by atoms with Gasteiger partial charge in [0.2, 0.25) is 0 Å². The Labute approximate surface area is 126 Å². The second-order valence-corrected chi connectivity index (χ2v) is 3.24. The summed E-state index contributed by atoms with van der Waals surface area (Å²) in [6, 6.07) is 0. The zero-order valence-corrected chi connectivity index (χ0v) is 14.3. The molecule has 0 aromatic rings. The number of hydrogen-bond donors (Lipinski definition) is 1. The van der Waals surface area contributed by atoms with Gasteiger partial charge in [0.15, 0.2) is 0 Å². The van der Waals surface area contributed by atoms with E-state index in [1.807, 2.05) is 27.7 Å². The number of hydrogen-bond acceptors (Lipinski definition) is 5. The fourth-order valence-corrected chi connectivity index (χ4v) is 0.989. The van der Waals surface area contributed by atoms with Gasteiger partial charge in [0.1, 0.15) is 0 Å². The summed E-state index contributed by atoms with van der Waals surface area (Å²) >= 11 is 0. The van der Waals surface area contributed by atoms with Gasteiger partial charge in [0, 0.05) is 13.2 Å². The van der Waals surface area contributed by atoms with E-state index in [9.17, 15) is 0 Å². The Morgan fingerprint density at radius 3 is 1.15 bits per heavy atom. The van der Waals surface area contributed by atoms with Gasteiger partial charge >= 0.3 is 0 Å². The van der Waals surface area contributed by atoms with Gasteiger partial charge in [0.25, 0.3) is 0 Å². The lowest BCUT2D eigenvalue weighted by molar-refractivity contribution is -0.000903. The second kappa shape index (κ2) is 31.3. The van der Waals surface area contributed by atoms with Gasteiger partial charge < -0.3 is 24.7 Å². The van der Waals surface area contributed by atoms with E-state index >= 15 is 0 Å². The largest absolute Gasteiger partial charge is 0.379 e. The first kappa shape index (κ1) is 24.8. The third kappa shape index (κ3) is 30.7. The van der Waals surface area contributed by atoms with Crippen molar-refractivity contribution in [1.29, 1.82) is 0 Å². The Morgan fingerprint density at radius 2 is 0.850 bits per heavy atom. The lowest BCUT2D eigenvalue weighted by Gasteiger charge is -2.06. The highest BCUT2D eigenvalue weighted by Crippen LogP contribution is 1.83. The van der Waals surface area contributed by atoms with E-state index in [2.05, 4.69) is 6.92 Å². The highest BCUT2D eigenvalue weighted by Gasteiger charge is 1.91. The molecule has 0 saturated carbocycles. The SMILES string of the molecule is CC.CC.CCCOCCOCCOCCOCCN. The molecule has 0 aliphatic carbocycles. The van der Waals surface area contributed by atoms with E-state index in [4.69, 9.17) is 24.7 Å². The average Bonchev–Trinajstić information content (AvgIpc) is 2.52. The fourth-order valence-electron chi connectivity index (χ4n) is 0.989. The molecule has 0 radical (unpaired) electrons. The summed E-state index contributed by atoms with van der Waals surface area (Å²) in [7, 11) is 0. The van der Waals surface area contributed by atoms with Gasteiger partial charge in [-0.2, -0.15) is 0 Å². The smallest absolute Gasteiger partial charge is 0.0701 e. The number of rotatable bonds is 13. The third-order valence-corrected chi connectivity index (χ3v) is 1.73. The second-order valence-electron chi connectivity index (χ2n) is 3.24. The first-order valence-corrected chi connectivity index (χ1v) is 7.92. The van der Waals surface area contributed by atoms with Gasteiger partial charge in [-0.15, -0.1) is 0 Å². The minimum absolute atomic E-state index is 0.556. The van der Waals surface area contributed by atoms with Crippen molar-refractivity contribution in [2.45, 2.75) is 41.0 Å². The number of nitrogens with two attached hydrogens (primary N) is 1. The quantitative estimate of drug-likeness (QED) is 0.529. The summed E-state index contributed by atoms with van der Waals surface area (Å²) in [5.41, 5.74) is 5.26. The zero-order chi connectivity index (χ0) is 15.9. The van der Waals surface area contributed by atoms with Crippen LogP contribution in [0.1, 0.15) is 41.0 Å². The van der Waals surface area contributed by atoms with Crippen LogP contribution in [0.3, 0.4) is 0 Å². The molecule has 0 heterocycles. The van der Waals surface area contributed by atoms with Crippen molar-refractivity contribution in [2.24, 2.45) is 5.73 Å². The van der Waals surface area contributed by atoms with E-state index < -0.39 is 0 Å². The standard InChI is InChI=1S/C11H25NO4.2C2H6/c1-2-4-13-6-8-15-10-11-16-9-7-14-5-3-12;2*1-2/h2-12H2,1H3;2*1-2H3. The maximum absolute atomic E-state index is 5.30. The van der Waals surface area contributed by atoms with Crippen LogP contribution in [0.5, 0.6) is 0 Å². The Bertz CT molecular complexity index is 112. The van der Waals surface area contributed by atoms with Gasteiger partial charge in [-0.3, -0.25) is 0 Å². The Morgan fingerprint density at radius 1 is 0.550 bits per heavy atom. The molecule has 0 saturated heterocycles. The van der Waals surface area contributed by atoms with E-state index in [0.29, 0.717) is 52.8 Å². The monoisotopic (exact) mass is 295 g/mol. The van der Waals surface area contributed by atoms with E-state index in [0.717, 1.165) is 13.0 Å². The van der Waals surface area contributed by atoms with Crippen molar-refractivity contribution in [1.82, 2.24) is 0 Å². The van der Waals surface area contributed by atoms with Crippen LogP contribution in [-0.4, -0.2) is 59.4 Å². The molecule has 5 nitrogen and oxygen atoms in total. The Balaban J connectivity index is -0.000000656. The topological polar surface area (TPSA) is 62.9 Å². The molecule has 0 fully saturated rings. The molecule has 5 heteroatoms. The van der Waals surface area contributed by atoms with Crippen LogP contribution < -0.4 is 5.73 Å². The van der Waals surface area contributed by atoms with Crippen LogP contribution >= 0.6 is 0 Å². The summed E-state index contributed by atoms with van der Waals surface area (Å²) in [4.78, 5) is 0. The molecule has 20 heavy (non-hydrogen) atoms. The minimum Gasteiger partial charge on any atom is -0.379 e. The molecule has 0 spiro atoms. The molecule has 0 aromatic carbocycles. The van der Waals surface area contributed by atoms with Crippen molar-refractivity contribution in [3.05, 3.63) is 0 Å². The summed E-state index contributed by atoms with van der Waals surface area (Å²) < 4.78 is 21.0. The molecule has 0 aliphatic heterocycles. The molecule has 0 atom stereocenters. The summed E-state index contributed by atoms with van der Waals surface area (Å²) in [5, 5.41) is 0. The van der Waals surface area contributed by atoms with Crippen molar-refractivity contribution in [3.63, 3.8) is 0 Å². The van der Waals surface area contributed by atoms with E-state index in [1.165, 1.54) is 0 Å². The van der Waals surface area contributed by atoms with Crippen LogP contribution in [0.15, 0.2) is 0 Å². The van der Waals surface area contributed by atoms with Crippen LogP contribution in [0.2, 0.25) is 0 Å². The fraction of sp³-hybridized carbons (Fsp3) is 1.00. The highest BCUT2D eigenvalue weighted by atomic mass is 16.6. The molecular weight excluding hydrogens is 258 g/mol. The Kier molecular flexibility index (Phi) is 38.8.